The van der Waals surface area contributed by atoms with Crippen molar-refractivity contribution < 1.29 is 19.0 Å². The molecule has 2 aliphatic rings. The standard InChI is InChI=1S/C11H14O2.C10H10O2/c1-7-4-5-8(2)10-9(7)6-13-11(10)12-3;1-6-3-4-7(2)9-8(6)5-12-10(9)11/h4-5,11H,6H2,1-3H3;3-4H,5H2,1-2H3. The summed E-state index contributed by atoms with van der Waals surface area (Å²) in [7, 11) is 1.68. The van der Waals surface area contributed by atoms with Crippen molar-refractivity contribution in [2.45, 2.75) is 47.2 Å². The van der Waals surface area contributed by atoms with Gasteiger partial charge in [0, 0.05) is 18.2 Å². The molecule has 2 aromatic carbocycles. The van der Waals surface area contributed by atoms with Crippen molar-refractivity contribution in [2.24, 2.45) is 0 Å². The number of hydrogen-bond donors (Lipinski definition) is 0. The Bertz CT molecular complexity index is 823. The van der Waals surface area contributed by atoms with E-state index in [4.69, 9.17) is 14.2 Å². The molecule has 2 aromatic rings. The van der Waals surface area contributed by atoms with Gasteiger partial charge < -0.3 is 14.2 Å². The predicted octanol–water partition coefficient (Wildman–Crippen LogP) is 4.45. The average Bonchev–Trinajstić information content (AvgIpc) is 3.20. The minimum absolute atomic E-state index is 0.157. The Kier molecular flexibility index (Phi) is 4.93. The van der Waals surface area contributed by atoms with Crippen LogP contribution in [-0.2, 0) is 27.4 Å². The first kappa shape index (κ1) is 17.6. The number of rotatable bonds is 1. The van der Waals surface area contributed by atoms with Crippen LogP contribution in [0.1, 0.15) is 55.6 Å². The summed E-state index contributed by atoms with van der Waals surface area (Å²) in [5.74, 6) is -0.175. The number of carbonyl (C=O) groups excluding carboxylic acids is 1. The lowest BCUT2D eigenvalue weighted by Gasteiger charge is -2.11. The molecule has 25 heavy (non-hydrogen) atoms. The van der Waals surface area contributed by atoms with Gasteiger partial charge in [0.2, 0.25) is 0 Å². The van der Waals surface area contributed by atoms with Gasteiger partial charge >= 0.3 is 5.97 Å². The van der Waals surface area contributed by atoms with Crippen molar-refractivity contribution in [2.75, 3.05) is 7.11 Å². The molecule has 2 aliphatic heterocycles. The number of esters is 1. The molecule has 0 radical (unpaired) electrons. The fraction of sp³-hybridized carbons (Fsp3) is 0.381. The molecule has 0 saturated carbocycles. The smallest absolute Gasteiger partial charge is 0.339 e. The molecule has 0 saturated heterocycles. The van der Waals surface area contributed by atoms with Gasteiger partial charge in [-0.25, -0.2) is 4.79 Å². The van der Waals surface area contributed by atoms with Gasteiger partial charge in [0.1, 0.15) is 6.61 Å². The van der Waals surface area contributed by atoms with E-state index in [9.17, 15) is 4.79 Å². The zero-order valence-corrected chi connectivity index (χ0v) is 15.4. The monoisotopic (exact) mass is 340 g/mol. The lowest BCUT2D eigenvalue weighted by atomic mass is 9.99. The second-order valence-corrected chi connectivity index (χ2v) is 6.60. The number of fused-ring (bicyclic) bond motifs is 2. The van der Waals surface area contributed by atoms with Crippen LogP contribution in [-0.4, -0.2) is 13.1 Å². The van der Waals surface area contributed by atoms with Gasteiger partial charge in [-0.05, 0) is 55.5 Å². The topological polar surface area (TPSA) is 44.8 Å². The summed E-state index contributed by atoms with van der Waals surface area (Å²) in [6, 6.07) is 8.24. The molecule has 0 aliphatic carbocycles. The maximum atomic E-state index is 11.2. The summed E-state index contributed by atoms with van der Waals surface area (Å²) in [4.78, 5) is 11.2. The van der Waals surface area contributed by atoms with Crippen molar-refractivity contribution in [3.8, 4) is 0 Å². The highest BCUT2D eigenvalue weighted by atomic mass is 16.7. The second kappa shape index (κ2) is 6.98. The van der Waals surface area contributed by atoms with Crippen LogP contribution < -0.4 is 0 Å². The van der Waals surface area contributed by atoms with Gasteiger partial charge in [-0.15, -0.1) is 0 Å². The third-order valence-corrected chi connectivity index (χ3v) is 4.95. The molecule has 2 heterocycles. The summed E-state index contributed by atoms with van der Waals surface area (Å²) in [5, 5.41) is 0. The number of methoxy groups -OCH3 is 1. The van der Waals surface area contributed by atoms with E-state index in [1.54, 1.807) is 7.11 Å². The van der Waals surface area contributed by atoms with Crippen LogP contribution >= 0.6 is 0 Å². The van der Waals surface area contributed by atoms with Crippen molar-refractivity contribution in [3.63, 3.8) is 0 Å². The number of carbonyl (C=O) groups is 1. The van der Waals surface area contributed by atoms with Crippen LogP contribution in [0.25, 0.3) is 0 Å². The molecule has 1 atom stereocenters. The summed E-state index contributed by atoms with van der Waals surface area (Å²) in [5.41, 5.74) is 9.05. The van der Waals surface area contributed by atoms with Crippen LogP contribution in [0.5, 0.6) is 0 Å². The maximum absolute atomic E-state index is 11.2. The number of aryl methyl sites for hydroxylation is 4. The Labute approximate surface area is 148 Å². The highest BCUT2D eigenvalue weighted by Crippen LogP contribution is 2.35. The highest BCUT2D eigenvalue weighted by molar-refractivity contribution is 5.95. The summed E-state index contributed by atoms with van der Waals surface area (Å²) in [6.45, 7) is 9.27. The molecule has 0 spiro atoms. The van der Waals surface area contributed by atoms with Gasteiger partial charge in [-0.3, -0.25) is 0 Å². The fourth-order valence-corrected chi connectivity index (χ4v) is 3.39. The molecular formula is C21H24O4. The highest BCUT2D eigenvalue weighted by Gasteiger charge is 2.26. The first-order valence-electron chi connectivity index (χ1n) is 8.43. The van der Waals surface area contributed by atoms with E-state index in [1.165, 1.54) is 22.3 Å². The molecule has 0 bridgehead atoms. The van der Waals surface area contributed by atoms with E-state index in [-0.39, 0.29) is 12.3 Å². The van der Waals surface area contributed by atoms with Crippen LogP contribution in [0.4, 0.5) is 0 Å². The minimum atomic E-state index is -0.175. The molecule has 0 N–H and O–H groups in total. The lowest BCUT2D eigenvalue weighted by Crippen LogP contribution is -2.00. The third kappa shape index (κ3) is 3.20. The van der Waals surface area contributed by atoms with E-state index in [0.717, 1.165) is 22.3 Å². The second-order valence-electron chi connectivity index (χ2n) is 6.60. The predicted molar refractivity (Wildman–Crippen MR) is 95.5 cm³/mol. The normalized spacial score (nSPS) is 17.5. The summed E-state index contributed by atoms with van der Waals surface area (Å²) < 4.78 is 15.7. The SMILES string of the molecule is COC1OCc2c(C)ccc(C)c21.Cc1ccc(C)c2c1COC2=O. The van der Waals surface area contributed by atoms with Gasteiger partial charge in [0.15, 0.2) is 6.29 Å². The molecule has 1 unspecified atom stereocenters. The van der Waals surface area contributed by atoms with Gasteiger partial charge in [-0.1, -0.05) is 24.3 Å². The van der Waals surface area contributed by atoms with E-state index in [1.807, 2.05) is 26.0 Å². The van der Waals surface area contributed by atoms with Gasteiger partial charge in [-0.2, -0.15) is 0 Å². The lowest BCUT2D eigenvalue weighted by molar-refractivity contribution is -0.118. The largest absolute Gasteiger partial charge is 0.457 e. The van der Waals surface area contributed by atoms with Crippen molar-refractivity contribution in [1.82, 2.24) is 0 Å². The van der Waals surface area contributed by atoms with Crippen LogP contribution in [0, 0.1) is 27.7 Å². The Morgan fingerprint density at radius 2 is 1.48 bits per heavy atom. The number of benzene rings is 2. The fourth-order valence-electron chi connectivity index (χ4n) is 3.39. The Morgan fingerprint density at radius 3 is 2.12 bits per heavy atom. The molecular weight excluding hydrogens is 316 g/mol. The Morgan fingerprint density at radius 1 is 0.880 bits per heavy atom. The first-order valence-corrected chi connectivity index (χ1v) is 8.43. The molecule has 0 aromatic heterocycles. The van der Waals surface area contributed by atoms with E-state index in [2.05, 4.69) is 26.0 Å². The molecule has 132 valence electrons. The Balaban J connectivity index is 0.000000146. The van der Waals surface area contributed by atoms with Crippen molar-refractivity contribution in [1.29, 1.82) is 0 Å². The summed E-state index contributed by atoms with van der Waals surface area (Å²) in [6.07, 6.45) is -0.157. The number of cyclic esters (lactones) is 1. The molecule has 4 rings (SSSR count). The first-order chi connectivity index (χ1) is 11.9. The van der Waals surface area contributed by atoms with Crippen molar-refractivity contribution in [3.05, 3.63) is 68.8 Å². The van der Waals surface area contributed by atoms with Crippen LogP contribution in [0.15, 0.2) is 24.3 Å². The van der Waals surface area contributed by atoms with Gasteiger partial charge in [0.25, 0.3) is 0 Å². The minimum Gasteiger partial charge on any atom is -0.457 e. The maximum Gasteiger partial charge on any atom is 0.339 e. The average molecular weight is 340 g/mol. The third-order valence-electron chi connectivity index (χ3n) is 4.95. The molecule has 0 fully saturated rings. The van der Waals surface area contributed by atoms with E-state index < -0.39 is 0 Å². The number of ether oxygens (including phenoxy) is 3. The van der Waals surface area contributed by atoms with E-state index in [0.29, 0.717) is 13.2 Å². The molecule has 0 amide bonds. The molecule has 4 nitrogen and oxygen atoms in total. The van der Waals surface area contributed by atoms with Crippen LogP contribution in [0.2, 0.25) is 0 Å². The van der Waals surface area contributed by atoms with Gasteiger partial charge in [0.05, 0.1) is 12.2 Å². The quantitative estimate of drug-likeness (QED) is 0.719. The van der Waals surface area contributed by atoms with E-state index >= 15 is 0 Å². The van der Waals surface area contributed by atoms with Crippen LogP contribution in [0.3, 0.4) is 0 Å². The zero-order chi connectivity index (χ0) is 18.1. The summed E-state index contributed by atoms with van der Waals surface area (Å²) >= 11 is 0. The zero-order valence-electron chi connectivity index (χ0n) is 15.4. The molecule has 4 heteroatoms. The van der Waals surface area contributed by atoms with Crippen molar-refractivity contribution >= 4 is 5.97 Å². The Hall–Kier alpha value is -2.17. The number of hydrogen-bond acceptors (Lipinski definition) is 4.